The summed E-state index contributed by atoms with van der Waals surface area (Å²) in [6.07, 6.45) is 5.22. The molecule has 2 heterocycles. The lowest BCUT2D eigenvalue weighted by Crippen LogP contribution is -2.34. The third-order valence-corrected chi connectivity index (χ3v) is 3.63. The monoisotopic (exact) mass is 281 g/mol. The van der Waals surface area contributed by atoms with Gasteiger partial charge in [-0.3, -0.25) is 0 Å². The van der Waals surface area contributed by atoms with Crippen LogP contribution in [0.4, 0.5) is 10.2 Å². The third-order valence-electron chi connectivity index (χ3n) is 3.63. The first kappa shape index (κ1) is 15.2. The van der Waals surface area contributed by atoms with Gasteiger partial charge < -0.3 is 15.0 Å². The maximum atomic E-state index is 14.4. The number of nitrogens with zero attached hydrogens (tertiary/aromatic N) is 2. The van der Waals surface area contributed by atoms with Crippen molar-refractivity contribution in [1.82, 2.24) is 10.3 Å². The van der Waals surface area contributed by atoms with E-state index >= 15 is 0 Å². The van der Waals surface area contributed by atoms with Crippen molar-refractivity contribution >= 4 is 5.82 Å². The Kier molecular flexibility index (Phi) is 5.73. The summed E-state index contributed by atoms with van der Waals surface area (Å²) in [5, 5.41) is 3.14. The van der Waals surface area contributed by atoms with Gasteiger partial charge in [-0.25, -0.2) is 9.37 Å². The van der Waals surface area contributed by atoms with E-state index in [0.29, 0.717) is 24.5 Å². The maximum absolute atomic E-state index is 14.4. The van der Waals surface area contributed by atoms with Crippen LogP contribution in [0.5, 0.6) is 0 Å². The summed E-state index contributed by atoms with van der Waals surface area (Å²) in [5.41, 5.74) is 0.660. The first-order valence-corrected chi connectivity index (χ1v) is 7.39. The Morgan fingerprint density at radius 1 is 1.50 bits per heavy atom. The second-order valence-electron chi connectivity index (χ2n) is 5.26. The average Bonchev–Trinajstić information content (AvgIpc) is 2.47. The lowest BCUT2D eigenvalue weighted by atomic mass is 10.1. The summed E-state index contributed by atoms with van der Waals surface area (Å²) in [4.78, 5) is 6.04. The molecule has 1 fully saturated rings. The van der Waals surface area contributed by atoms with Crippen LogP contribution in [0.2, 0.25) is 0 Å². The number of pyridine rings is 1. The van der Waals surface area contributed by atoms with Crippen molar-refractivity contribution in [3.05, 3.63) is 23.6 Å². The molecule has 0 aromatic carbocycles. The largest absolute Gasteiger partial charge is 0.376 e. The Morgan fingerprint density at radius 3 is 3.05 bits per heavy atom. The molecular weight excluding hydrogens is 257 g/mol. The lowest BCUT2D eigenvalue weighted by Gasteiger charge is -2.28. The molecular formula is C15H24FN3O. The standard InChI is InChI=1S/C15H24FN3O/c1-3-17-10-12-7-8-18-15(14(12)16)19(2)11-13-6-4-5-9-20-13/h7-8,13,17H,3-6,9-11H2,1-2H3. The van der Waals surface area contributed by atoms with Crippen molar-refractivity contribution in [1.29, 1.82) is 0 Å². The van der Waals surface area contributed by atoms with E-state index in [2.05, 4.69) is 10.3 Å². The minimum absolute atomic E-state index is 0.187. The van der Waals surface area contributed by atoms with Gasteiger partial charge in [0.15, 0.2) is 11.6 Å². The van der Waals surface area contributed by atoms with Gasteiger partial charge in [0.05, 0.1) is 6.10 Å². The highest BCUT2D eigenvalue weighted by Gasteiger charge is 2.19. The van der Waals surface area contributed by atoms with Crippen molar-refractivity contribution in [2.45, 2.75) is 38.8 Å². The average molecular weight is 281 g/mol. The van der Waals surface area contributed by atoms with E-state index in [0.717, 1.165) is 26.0 Å². The van der Waals surface area contributed by atoms with Crippen molar-refractivity contribution in [3.8, 4) is 0 Å². The maximum Gasteiger partial charge on any atom is 0.170 e. The molecule has 0 spiro atoms. The van der Waals surface area contributed by atoms with Gasteiger partial charge in [0.1, 0.15) is 0 Å². The third kappa shape index (κ3) is 3.90. The molecule has 1 atom stereocenters. The second-order valence-corrected chi connectivity index (χ2v) is 5.26. The first-order valence-electron chi connectivity index (χ1n) is 7.39. The fourth-order valence-electron chi connectivity index (χ4n) is 2.48. The van der Waals surface area contributed by atoms with Gasteiger partial charge in [-0.15, -0.1) is 0 Å². The van der Waals surface area contributed by atoms with Crippen molar-refractivity contribution < 1.29 is 9.13 Å². The molecule has 0 amide bonds. The summed E-state index contributed by atoms with van der Waals surface area (Å²) in [7, 11) is 1.88. The Bertz CT molecular complexity index is 422. The van der Waals surface area contributed by atoms with Gasteiger partial charge in [-0.2, -0.15) is 0 Å². The number of halogens is 1. The number of nitrogens with one attached hydrogen (secondary N) is 1. The Hall–Kier alpha value is -1.20. The van der Waals surface area contributed by atoms with E-state index < -0.39 is 0 Å². The van der Waals surface area contributed by atoms with Gasteiger partial charge in [-0.05, 0) is 31.9 Å². The van der Waals surface area contributed by atoms with Crippen LogP contribution < -0.4 is 10.2 Å². The Balaban J connectivity index is 2.02. The molecule has 1 aromatic rings. The molecule has 1 saturated heterocycles. The number of anilines is 1. The summed E-state index contributed by atoms with van der Waals surface area (Å²) in [5.74, 6) is 0.182. The zero-order valence-electron chi connectivity index (χ0n) is 12.4. The molecule has 1 aromatic heterocycles. The normalized spacial score (nSPS) is 19.1. The van der Waals surface area contributed by atoms with E-state index in [1.54, 1.807) is 12.3 Å². The van der Waals surface area contributed by atoms with Gasteiger partial charge in [0.2, 0.25) is 0 Å². The summed E-state index contributed by atoms with van der Waals surface area (Å²) in [6, 6.07) is 1.73. The molecule has 1 N–H and O–H groups in total. The van der Waals surface area contributed by atoms with Crippen LogP contribution in [-0.4, -0.2) is 37.8 Å². The van der Waals surface area contributed by atoms with Crippen LogP contribution in [0.15, 0.2) is 12.3 Å². The highest BCUT2D eigenvalue weighted by atomic mass is 19.1. The summed E-state index contributed by atoms with van der Waals surface area (Å²) < 4.78 is 20.1. The van der Waals surface area contributed by atoms with Crippen LogP contribution in [0.25, 0.3) is 0 Å². The zero-order valence-corrected chi connectivity index (χ0v) is 12.4. The van der Waals surface area contributed by atoms with Crippen molar-refractivity contribution in [2.24, 2.45) is 0 Å². The number of rotatable bonds is 6. The molecule has 20 heavy (non-hydrogen) atoms. The highest BCUT2D eigenvalue weighted by Crippen LogP contribution is 2.21. The summed E-state index contributed by atoms with van der Waals surface area (Å²) in [6.45, 7) is 4.87. The predicted octanol–water partition coefficient (Wildman–Crippen LogP) is 2.34. The topological polar surface area (TPSA) is 37.4 Å². The van der Waals surface area contributed by atoms with E-state index in [1.807, 2.05) is 18.9 Å². The molecule has 112 valence electrons. The Morgan fingerprint density at radius 2 is 2.35 bits per heavy atom. The van der Waals surface area contributed by atoms with Crippen LogP contribution in [0, 0.1) is 5.82 Å². The second kappa shape index (κ2) is 7.55. The van der Waals surface area contributed by atoms with Crippen molar-refractivity contribution in [2.75, 3.05) is 31.6 Å². The fourth-order valence-corrected chi connectivity index (χ4v) is 2.48. The SMILES string of the molecule is CCNCc1ccnc(N(C)CC2CCCCO2)c1F. The van der Waals surface area contributed by atoms with Crippen LogP contribution in [0.3, 0.4) is 0 Å². The molecule has 5 heteroatoms. The smallest absolute Gasteiger partial charge is 0.170 e. The minimum Gasteiger partial charge on any atom is -0.376 e. The molecule has 0 aliphatic carbocycles. The van der Waals surface area contributed by atoms with Crippen LogP contribution in [0.1, 0.15) is 31.7 Å². The molecule has 1 unspecified atom stereocenters. The molecule has 0 saturated carbocycles. The fraction of sp³-hybridized carbons (Fsp3) is 0.667. The van der Waals surface area contributed by atoms with E-state index in [4.69, 9.17) is 4.74 Å². The van der Waals surface area contributed by atoms with Gasteiger partial charge in [0.25, 0.3) is 0 Å². The van der Waals surface area contributed by atoms with E-state index in [9.17, 15) is 4.39 Å². The number of aromatic nitrogens is 1. The van der Waals surface area contributed by atoms with Crippen LogP contribution in [-0.2, 0) is 11.3 Å². The quantitative estimate of drug-likeness (QED) is 0.868. The Labute approximate surface area is 120 Å². The molecule has 0 radical (unpaired) electrons. The van der Waals surface area contributed by atoms with Gasteiger partial charge >= 0.3 is 0 Å². The number of likely N-dealkylation sites (N-methyl/N-ethyl adjacent to an activating group) is 1. The molecule has 1 aliphatic heterocycles. The van der Waals surface area contributed by atoms with E-state index in [1.165, 1.54) is 6.42 Å². The minimum atomic E-state index is -0.230. The number of ether oxygens (including phenoxy) is 1. The molecule has 0 bridgehead atoms. The van der Waals surface area contributed by atoms with Crippen LogP contribution >= 0.6 is 0 Å². The molecule has 4 nitrogen and oxygen atoms in total. The number of hydrogen-bond donors (Lipinski definition) is 1. The molecule has 1 aliphatic rings. The first-order chi connectivity index (χ1) is 9.72. The van der Waals surface area contributed by atoms with E-state index in [-0.39, 0.29) is 11.9 Å². The van der Waals surface area contributed by atoms with Gasteiger partial charge in [0, 0.05) is 38.5 Å². The number of hydrogen-bond acceptors (Lipinski definition) is 4. The highest BCUT2D eigenvalue weighted by molar-refractivity contribution is 5.42. The van der Waals surface area contributed by atoms with Gasteiger partial charge in [-0.1, -0.05) is 6.92 Å². The molecule has 2 rings (SSSR count). The van der Waals surface area contributed by atoms with Crippen molar-refractivity contribution in [3.63, 3.8) is 0 Å². The summed E-state index contributed by atoms with van der Waals surface area (Å²) >= 11 is 0. The predicted molar refractivity (Wildman–Crippen MR) is 78.4 cm³/mol. The lowest BCUT2D eigenvalue weighted by molar-refractivity contribution is 0.0214. The zero-order chi connectivity index (χ0) is 14.4.